The molecular formula is C9H7ClFNO. The monoisotopic (exact) mass is 199 g/mol. The largest absolute Gasteiger partial charge is 0.508 e. The van der Waals surface area contributed by atoms with Crippen molar-refractivity contribution in [2.45, 2.75) is 12.8 Å². The highest BCUT2D eigenvalue weighted by molar-refractivity contribution is 6.30. The molecule has 0 aliphatic heterocycles. The van der Waals surface area contributed by atoms with Crippen LogP contribution in [0.4, 0.5) is 4.39 Å². The van der Waals surface area contributed by atoms with Gasteiger partial charge in [-0.2, -0.15) is 5.26 Å². The molecule has 13 heavy (non-hydrogen) atoms. The van der Waals surface area contributed by atoms with Crippen molar-refractivity contribution in [2.75, 3.05) is 0 Å². The molecule has 1 rings (SSSR count). The zero-order chi connectivity index (χ0) is 10.0. The maximum Gasteiger partial charge on any atom is 0.145 e. The molecule has 0 saturated carbocycles. The van der Waals surface area contributed by atoms with Crippen LogP contribution in [0.25, 0.3) is 0 Å². The van der Waals surface area contributed by atoms with E-state index in [0.717, 1.165) is 6.07 Å². The Bertz CT molecular complexity index is 373. The number of phenolic OH excluding ortho intramolecular Hbond substituents is 1. The van der Waals surface area contributed by atoms with E-state index < -0.39 is 11.7 Å². The first-order valence-electron chi connectivity index (χ1n) is 3.63. The number of nitriles is 1. The van der Waals surface area contributed by atoms with Crippen LogP contribution in [0, 0.1) is 17.1 Å². The molecule has 0 bridgehead atoms. The van der Waals surface area contributed by atoms with Crippen molar-refractivity contribution in [2.24, 2.45) is 0 Å². The van der Waals surface area contributed by atoms with Gasteiger partial charge >= 0.3 is 0 Å². The summed E-state index contributed by atoms with van der Waals surface area (Å²) < 4.78 is 12.8. The molecule has 1 unspecified atom stereocenters. The lowest BCUT2D eigenvalue weighted by Gasteiger charge is -2.06. The minimum absolute atomic E-state index is 0.0881. The molecule has 0 aliphatic rings. The zero-order valence-corrected chi connectivity index (χ0v) is 7.64. The second-order valence-corrected chi connectivity index (χ2v) is 3.08. The highest BCUT2D eigenvalue weighted by atomic mass is 35.5. The van der Waals surface area contributed by atoms with E-state index in [1.54, 1.807) is 6.92 Å². The van der Waals surface area contributed by atoms with Crippen molar-refractivity contribution < 1.29 is 9.50 Å². The lowest BCUT2D eigenvalue weighted by molar-refractivity contribution is 0.461. The topological polar surface area (TPSA) is 44.0 Å². The van der Waals surface area contributed by atoms with Crippen LogP contribution in [0.15, 0.2) is 12.1 Å². The molecule has 0 aliphatic carbocycles. The smallest absolute Gasteiger partial charge is 0.145 e. The third-order valence-corrected chi connectivity index (χ3v) is 2.02. The molecule has 4 heteroatoms. The van der Waals surface area contributed by atoms with Gasteiger partial charge in [0.25, 0.3) is 0 Å². The summed E-state index contributed by atoms with van der Waals surface area (Å²) in [7, 11) is 0. The third-order valence-electron chi connectivity index (χ3n) is 1.73. The molecule has 1 aromatic carbocycles. The fourth-order valence-electron chi connectivity index (χ4n) is 0.968. The van der Waals surface area contributed by atoms with Crippen LogP contribution in [-0.2, 0) is 0 Å². The molecule has 1 atom stereocenters. The molecule has 68 valence electrons. The quantitative estimate of drug-likeness (QED) is 0.756. The molecule has 0 heterocycles. The Kier molecular flexibility index (Phi) is 2.74. The van der Waals surface area contributed by atoms with Crippen LogP contribution >= 0.6 is 11.6 Å². The highest BCUT2D eigenvalue weighted by Crippen LogP contribution is 2.30. The van der Waals surface area contributed by atoms with Crippen LogP contribution in [-0.4, -0.2) is 5.11 Å². The summed E-state index contributed by atoms with van der Waals surface area (Å²) in [4.78, 5) is 0. The molecule has 0 amide bonds. The Morgan fingerprint density at radius 1 is 1.62 bits per heavy atom. The first-order valence-corrected chi connectivity index (χ1v) is 4.01. The zero-order valence-electron chi connectivity index (χ0n) is 6.88. The van der Waals surface area contributed by atoms with Crippen molar-refractivity contribution in [3.05, 3.63) is 28.5 Å². The molecule has 0 radical (unpaired) electrons. The van der Waals surface area contributed by atoms with E-state index in [1.165, 1.54) is 6.07 Å². The average molecular weight is 200 g/mol. The van der Waals surface area contributed by atoms with Crippen LogP contribution in [0.1, 0.15) is 18.4 Å². The third kappa shape index (κ3) is 1.90. The minimum Gasteiger partial charge on any atom is -0.508 e. The van der Waals surface area contributed by atoms with Gasteiger partial charge in [-0.15, -0.1) is 0 Å². The average Bonchev–Trinajstić information content (AvgIpc) is 2.10. The minimum atomic E-state index is -0.687. The number of phenols is 1. The molecule has 0 aromatic heterocycles. The molecule has 0 spiro atoms. The van der Waals surface area contributed by atoms with E-state index in [1.807, 2.05) is 6.07 Å². The van der Waals surface area contributed by atoms with E-state index in [2.05, 4.69) is 0 Å². The lowest BCUT2D eigenvalue weighted by atomic mass is 10.0. The fourth-order valence-corrected chi connectivity index (χ4v) is 1.14. The summed E-state index contributed by atoms with van der Waals surface area (Å²) in [6.07, 6.45) is 0. The lowest BCUT2D eigenvalue weighted by Crippen LogP contribution is -1.91. The summed E-state index contributed by atoms with van der Waals surface area (Å²) in [6, 6.07) is 4.10. The van der Waals surface area contributed by atoms with Gasteiger partial charge in [-0.05, 0) is 13.0 Å². The summed E-state index contributed by atoms with van der Waals surface area (Å²) in [5, 5.41) is 17.8. The predicted molar refractivity (Wildman–Crippen MR) is 47.1 cm³/mol. The summed E-state index contributed by atoms with van der Waals surface area (Å²) in [6.45, 7) is 1.60. The Morgan fingerprint density at radius 2 is 2.23 bits per heavy atom. The van der Waals surface area contributed by atoms with Crippen molar-refractivity contribution >= 4 is 11.6 Å². The Balaban J connectivity index is 3.25. The SMILES string of the molecule is CC(C#N)c1cc(Cl)c(F)cc1O. The molecular weight excluding hydrogens is 193 g/mol. The maximum absolute atomic E-state index is 12.8. The van der Waals surface area contributed by atoms with Gasteiger partial charge in [0.05, 0.1) is 17.0 Å². The van der Waals surface area contributed by atoms with Gasteiger partial charge in [0.2, 0.25) is 0 Å². The van der Waals surface area contributed by atoms with Gasteiger partial charge in [-0.1, -0.05) is 11.6 Å². The van der Waals surface area contributed by atoms with Gasteiger partial charge in [-0.3, -0.25) is 0 Å². The van der Waals surface area contributed by atoms with E-state index in [9.17, 15) is 9.50 Å². The number of hydrogen-bond acceptors (Lipinski definition) is 2. The van der Waals surface area contributed by atoms with E-state index in [4.69, 9.17) is 16.9 Å². The summed E-state index contributed by atoms with van der Waals surface area (Å²) in [5.41, 5.74) is 0.342. The van der Waals surface area contributed by atoms with Gasteiger partial charge in [0.1, 0.15) is 11.6 Å². The number of hydrogen-bond donors (Lipinski definition) is 1. The van der Waals surface area contributed by atoms with Crippen molar-refractivity contribution in [1.82, 2.24) is 0 Å². The number of nitrogens with zero attached hydrogens (tertiary/aromatic N) is 1. The first-order chi connectivity index (χ1) is 6.06. The summed E-state index contributed by atoms with van der Waals surface area (Å²) in [5.74, 6) is -1.43. The summed E-state index contributed by atoms with van der Waals surface area (Å²) >= 11 is 5.49. The van der Waals surface area contributed by atoms with Gasteiger partial charge < -0.3 is 5.11 Å². The maximum atomic E-state index is 12.8. The second kappa shape index (κ2) is 3.63. The van der Waals surface area contributed by atoms with Gasteiger partial charge in [0, 0.05) is 11.6 Å². The predicted octanol–water partition coefficient (Wildman–Crippen LogP) is 2.81. The molecule has 1 N–H and O–H groups in total. The molecule has 0 saturated heterocycles. The number of benzene rings is 1. The number of halogens is 2. The van der Waals surface area contributed by atoms with Crippen molar-refractivity contribution in [1.29, 1.82) is 5.26 Å². The van der Waals surface area contributed by atoms with Crippen LogP contribution in [0.2, 0.25) is 5.02 Å². The van der Waals surface area contributed by atoms with Crippen LogP contribution in [0.5, 0.6) is 5.75 Å². The van der Waals surface area contributed by atoms with Gasteiger partial charge in [0.15, 0.2) is 0 Å². The Morgan fingerprint density at radius 3 is 2.77 bits per heavy atom. The van der Waals surface area contributed by atoms with Gasteiger partial charge in [-0.25, -0.2) is 4.39 Å². The van der Waals surface area contributed by atoms with Crippen LogP contribution in [0.3, 0.4) is 0 Å². The van der Waals surface area contributed by atoms with Crippen molar-refractivity contribution in [3.63, 3.8) is 0 Å². The Labute approximate surface area is 80.2 Å². The fraction of sp³-hybridized carbons (Fsp3) is 0.222. The van der Waals surface area contributed by atoms with Crippen LogP contribution < -0.4 is 0 Å². The number of aromatic hydroxyl groups is 1. The van der Waals surface area contributed by atoms with E-state index >= 15 is 0 Å². The van der Waals surface area contributed by atoms with Crippen molar-refractivity contribution in [3.8, 4) is 11.8 Å². The highest BCUT2D eigenvalue weighted by Gasteiger charge is 2.12. The molecule has 1 aromatic rings. The first kappa shape index (κ1) is 9.82. The Hall–Kier alpha value is -1.27. The second-order valence-electron chi connectivity index (χ2n) is 2.68. The molecule has 0 fully saturated rings. The normalized spacial score (nSPS) is 12.2. The van der Waals surface area contributed by atoms with E-state index in [-0.39, 0.29) is 10.8 Å². The number of rotatable bonds is 1. The van der Waals surface area contributed by atoms with E-state index in [0.29, 0.717) is 5.56 Å². The molecule has 2 nitrogen and oxygen atoms in total. The standard InChI is InChI=1S/C9H7ClFNO/c1-5(4-12)6-2-7(10)8(11)3-9(6)13/h2-3,5,13H,1H3.